The first-order chi connectivity index (χ1) is 6.44. The van der Waals surface area contributed by atoms with E-state index in [0.29, 0.717) is 0 Å². The number of nitrogens with one attached hydrogen (secondary N) is 1. The number of benzene rings is 1. The summed E-state index contributed by atoms with van der Waals surface area (Å²) in [6.45, 7) is 4.32. The first kappa shape index (κ1) is 12.0. The Bertz CT molecular complexity index is 323. The maximum absolute atomic E-state index is 6.13. The van der Waals surface area contributed by atoms with Gasteiger partial charge in [0, 0.05) is 15.0 Å². The molecule has 3 heteroatoms. The molecule has 0 bridgehead atoms. The topological polar surface area (TPSA) is 12.0 Å². The summed E-state index contributed by atoms with van der Waals surface area (Å²) in [5.74, 6) is 0. The second kappa shape index (κ2) is 4.65. The third-order valence-corrected chi connectivity index (χ3v) is 3.17. The van der Waals surface area contributed by atoms with Gasteiger partial charge in [-0.05, 0) is 45.0 Å². The van der Waals surface area contributed by atoms with Crippen LogP contribution in [0.2, 0.25) is 5.02 Å². The van der Waals surface area contributed by atoms with Crippen LogP contribution in [-0.4, -0.2) is 12.6 Å². The van der Waals surface area contributed by atoms with Crippen molar-refractivity contribution in [3.8, 4) is 0 Å². The van der Waals surface area contributed by atoms with Crippen LogP contribution in [0.25, 0.3) is 0 Å². The minimum Gasteiger partial charge on any atom is -0.314 e. The lowest BCUT2D eigenvalue weighted by Gasteiger charge is -2.24. The summed E-state index contributed by atoms with van der Waals surface area (Å²) in [5.41, 5.74) is 1.26. The Hall–Kier alpha value is -0.0500. The van der Waals surface area contributed by atoms with Gasteiger partial charge in [0.2, 0.25) is 0 Å². The minimum absolute atomic E-state index is 0.0808. The van der Waals surface area contributed by atoms with Crippen LogP contribution in [0.15, 0.2) is 22.7 Å². The predicted octanol–water partition coefficient (Wildman–Crippen LogP) is 3.64. The summed E-state index contributed by atoms with van der Waals surface area (Å²) >= 11 is 9.53. The zero-order chi connectivity index (χ0) is 10.8. The fourth-order valence-corrected chi connectivity index (χ4v) is 1.97. The summed E-state index contributed by atoms with van der Waals surface area (Å²) in [4.78, 5) is 0. The standard InChI is InChI=1S/C11H15BrClN/c1-11(2,14-3)7-8-4-5-9(12)6-10(8)13/h4-6,14H,7H2,1-3H3. The van der Waals surface area contributed by atoms with E-state index >= 15 is 0 Å². The lowest BCUT2D eigenvalue weighted by Crippen LogP contribution is -2.38. The Kier molecular flexibility index (Phi) is 3.99. The lowest BCUT2D eigenvalue weighted by atomic mass is 9.95. The molecule has 1 nitrogen and oxygen atoms in total. The van der Waals surface area contributed by atoms with Crippen molar-refractivity contribution >= 4 is 27.5 Å². The average Bonchev–Trinajstić information content (AvgIpc) is 2.10. The maximum Gasteiger partial charge on any atom is 0.0449 e. The van der Waals surface area contributed by atoms with Crippen LogP contribution in [0, 0.1) is 0 Å². The fraction of sp³-hybridized carbons (Fsp3) is 0.455. The number of likely N-dealkylation sites (N-methyl/N-ethyl adjacent to an activating group) is 1. The molecule has 0 saturated heterocycles. The molecule has 0 unspecified atom stereocenters. The van der Waals surface area contributed by atoms with E-state index in [4.69, 9.17) is 11.6 Å². The monoisotopic (exact) mass is 275 g/mol. The van der Waals surface area contributed by atoms with E-state index in [9.17, 15) is 0 Å². The molecule has 0 aliphatic heterocycles. The van der Waals surface area contributed by atoms with Crippen molar-refractivity contribution in [3.63, 3.8) is 0 Å². The Morgan fingerprint density at radius 2 is 2.07 bits per heavy atom. The molecule has 0 saturated carbocycles. The van der Waals surface area contributed by atoms with E-state index in [0.717, 1.165) is 15.9 Å². The van der Waals surface area contributed by atoms with Crippen molar-refractivity contribution in [2.45, 2.75) is 25.8 Å². The predicted molar refractivity (Wildman–Crippen MR) is 66.0 cm³/mol. The number of halogens is 2. The summed E-state index contributed by atoms with van der Waals surface area (Å²) in [6.07, 6.45) is 0.926. The maximum atomic E-state index is 6.13. The number of hydrogen-bond donors (Lipinski definition) is 1. The highest BCUT2D eigenvalue weighted by Gasteiger charge is 2.16. The number of rotatable bonds is 3. The average molecular weight is 277 g/mol. The van der Waals surface area contributed by atoms with Gasteiger partial charge in [-0.2, -0.15) is 0 Å². The third kappa shape index (κ3) is 3.26. The van der Waals surface area contributed by atoms with Crippen molar-refractivity contribution in [2.24, 2.45) is 0 Å². The van der Waals surface area contributed by atoms with Gasteiger partial charge in [0.05, 0.1) is 0 Å². The zero-order valence-electron chi connectivity index (χ0n) is 8.70. The molecule has 0 amide bonds. The molecule has 0 aliphatic rings. The Morgan fingerprint density at radius 3 is 2.57 bits per heavy atom. The second-order valence-corrected chi connectivity index (χ2v) is 5.37. The molecule has 1 N–H and O–H groups in total. The third-order valence-electron chi connectivity index (χ3n) is 2.32. The Balaban J connectivity index is 2.87. The highest BCUT2D eigenvalue weighted by molar-refractivity contribution is 9.10. The van der Waals surface area contributed by atoms with Crippen molar-refractivity contribution in [3.05, 3.63) is 33.3 Å². The Labute approximate surface area is 99.0 Å². The van der Waals surface area contributed by atoms with Crippen molar-refractivity contribution in [1.29, 1.82) is 0 Å². The first-order valence-corrected chi connectivity index (χ1v) is 5.74. The highest BCUT2D eigenvalue weighted by Crippen LogP contribution is 2.24. The Morgan fingerprint density at radius 1 is 1.43 bits per heavy atom. The van der Waals surface area contributed by atoms with Gasteiger partial charge < -0.3 is 5.32 Å². The molecule has 0 spiro atoms. The largest absolute Gasteiger partial charge is 0.314 e. The molecule has 0 heterocycles. The molecule has 1 rings (SSSR count). The highest BCUT2D eigenvalue weighted by atomic mass is 79.9. The summed E-state index contributed by atoms with van der Waals surface area (Å²) in [5, 5.41) is 4.08. The van der Waals surface area contributed by atoms with Gasteiger partial charge in [-0.3, -0.25) is 0 Å². The van der Waals surface area contributed by atoms with Crippen LogP contribution in [0.4, 0.5) is 0 Å². The zero-order valence-corrected chi connectivity index (χ0v) is 11.0. The van der Waals surface area contributed by atoms with Crippen LogP contribution < -0.4 is 5.32 Å². The molecular weight excluding hydrogens is 261 g/mol. The second-order valence-electron chi connectivity index (χ2n) is 4.05. The van der Waals surface area contributed by atoms with Crippen molar-refractivity contribution < 1.29 is 0 Å². The normalized spacial score (nSPS) is 11.8. The summed E-state index contributed by atoms with van der Waals surface area (Å²) in [7, 11) is 1.97. The molecule has 14 heavy (non-hydrogen) atoms. The van der Waals surface area contributed by atoms with Gasteiger partial charge in [-0.25, -0.2) is 0 Å². The molecule has 1 aromatic carbocycles. The van der Waals surface area contributed by atoms with E-state index < -0.39 is 0 Å². The molecule has 0 aliphatic carbocycles. The first-order valence-electron chi connectivity index (χ1n) is 4.57. The SMILES string of the molecule is CNC(C)(C)Cc1ccc(Br)cc1Cl. The minimum atomic E-state index is 0.0808. The van der Waals surface area contributed by atoms with Crippen LogP contribution in [0.1, 0.15) is 19.4 Å². The number of hydrogen-bond acceptors (Lipinski definition) is 1. The molecule has 78 valence electrons. The van der Waals surface area contributed by atoms with E-state index in [1.54, 1.807) is 0 Å². The van der Waals surface area contributed by atoms with Crippen molar-refractivity contribution in [2.75, 3.05) is 7.05 Å². The van der Waals surface area contributed by atoms with Gasteiger partial charge in [-0.15, -0.1) is 0 Å². The summed E-state index contributed by atoms with van der Waals surface area (Å²) in [6, 6.07) is 6.01. The van der Waals surface area contributed by atoms with Crippen LogP contribution >= 0.6 is 27.5 Å². The molecular formula is C11H15BrClN. The van der Waals surface area contributed by atoms with Crippen LogP contribution in [0.5, 0.6) is 0 Å². The fourth-order valence-electron chi connectivity index (χ4n) is 1.23. The molecule has 0 aromatic heterocycles. The van der Waals surface area contributed by atoms with Gasteiger partial charge in [0.25, 0.3) is 0 Å². The van der Waals surface area contributed by atoms with E-state index in [1.165, 1.54) is 5.56 Å². The molecule has 0 fully saturated rings. The lowest BCUT2D eigenvalue weighted by molar-refractivity contribution is 0.422. The molecule has 0 atom stereocenters. The van der Waals surface area contributed by atoms with E-state index in [2.05, 4.69) is 41.2 Å². The molecule has 0 radical (unpaired) electrons. The molecule has 1 aromatic rings. The van der Waals surface area contributed by atoms with Gasteiger partial charge >= 0.3 is 0 Å². The van der Waals surface area contributed by atoms with Crippen LogP contribution in [0.3, 0.4) is 0 Å². The van der Waals surface area contributed by atoms with E-state index in [1.807, 2.05) is 19.2 Å². The van der Waals surface area contributed by atoms with Crippen molar-refractivity contribution in [1.82, 2.24) is 5.32 Å². The van der Waals surface area contributed by atoms with E-state index in [-0.39, 0.29) is 5.54 Å². The van der Waals surface area contributed by atoms with Gasteiger partial charge in [-0.1, -0.05) is 33.6 Å². The quantitative estimate of drug-likeness (QED) is 0.889. The van der Waals surface area contributed by atoms with Gasteiger partial charge in [0.1, 0.15) is 0 Å². The summed E-state index contributed by atoms with van der Waals surface area (Å²) < 4.78 is 1.02. The smallest absolute Gasteiger partial charge is 0.0449 e. The van der Waals surface area contributed by atoms with Gasteiger partial charge in [0.15, 0.2) is 0 Å². The van der Waals surface area contributed by atoms with Crippen LogP contribution in [-0.2, 0) is 6.42 Å².